The molecule has 0 bridgehead atoms. The molecule has 0 radical (unpaired) electrons. The van der Waals surface area contributed by atoms with Gasteiger partial charge in [-0.05, 0) is 30.8 Å². The zero-order valence-electron chi connectivity index (χ0n) is 13.2. The Labute approximate surface area is 133 Å². The van der Waals surface area contributed by atoms with E-state index in [4.69, 9.17) is 0 Å². The minimum absolute atomic E-state index is 0.0469. The number of nitrogens with zero attached hydrogens (tertiary/aromatic N) is 2. The monoisotopic (exact) mass is 330 g/mol. The van der Waals surface area contributed by atoms with Crippen LogP contribution in [0.25, 0.3) is 0 Å². The summed E-state index contributed by atoms with van der Waals surface area (Å²) in [6.45, 7) is 3.24. The number of anilines is 1. The van der Waals surface area contributed by atoms with Gasteiger partial charge in [0.2, 0.25) is 0 Å². The van der Waals surface area contributed by atoms with Gasteiger partial charge in [-0.1, -0.05) is 0 Å². The second kappa shape index (κ2) is 7.08. The highest BCUT2D eigenvalue weighted by Gasteiger charge is 2.31. The summed E-state index contributed by atoms with van der Waals surface area (Å²) >= 11 is 0. The molecule has 128 valence electrons. The fourth-order valence-corrected chi connectivity index (χ4v) is 2.52. The SMILES string of the molecule is CNC(=O)NCc1cc(C(F)(F)F)ccc1N1CCN(C)CC1. The number of amides is 2. The molecule has 0 saturated carbocycles. The Kier molecular flexibility index (Phi) is 5.35. The molecule has 0 aliphatic carbocycles. The molecule has 0 spiro atoms. The van der Waals surface area contributed by atoms with Crippen molar-refractivity contribution in [1.29, 1.82) is 0 Å². The Hall–Kier alpha value is -1.96. The minimum Gasteiger partial charge on any atom is -0.369 e. The first-order chi connectivity index (χ1) is 10.8. The van der Waals surface area contributed by atoms with Crippen LogP contribution in [0.1, 0.15) is 11.1 Å². The van der Waals surface area contributed by atoms with Crippen molar-refractivity contribution in [3.8, 4) is 0 Å². The number of hydrogen-bond acceptors (Lipinski definition) is 3. The van der Waals surface area contributed by atoms with Gasteiger partial charge in [0.25, 0.3) is 0 Å². The van der Waals surface area contributed by atoms with Gasteiger partial charge in [0.15, 0.2) is 0 Å². The molecular formula is C15H21F3N4O. The van der Waals surface area contributed by atoms with Crippen molar-refractivity contribution < 1.29 is 18.0 Å². The lowest BCUT2D eigenvalue weighted by atomic mass is 10.1. The largest absolute Gasteiger partial charge is 0.416 e. The van der Waals surface area contributed by atoms with Crippen LogP contribution in [0.15, 0.2) is 18.2 Å². The first-order valence-corrected chi connectivity index (χ1v) is 7.40. The average Bonchev–Trinajstić information content (AvgIpc) is 2.52. The molecule has 1 aromatic rings. The van der Waals surface area contributed by atoms with E-state index in [1.807, 2.05) is 7.05 Å². The number of halogens is 3. The number of urea groups is 1. The van der Waals surface area contributed by atoms with E-state index in [0.717, 1.165) is 44.0 Å². The van der Waals surface area contributed by atoms with Crippen molar-refractivity contribution in [2.45, 2.75) is 12.7 Å². The zero-order chi connectivity index (χ0) is 17.0. The highest BCUT2D eigenvalue weighted by molar-refractivity contribution is 5.73. The molecule has 2 amide bonds. The van der Waals surface area contributed by atoms with E-state index in [2.05, 4.69) is 20.4 Å². The van der Waals surface area contributed by atoms with Gasteiger partial charge < -0.3 is 20.4 Å². The highest BCUT2D eigenvalue weighted by Crippen LogP contribution is 2.33. The summed E-state index contributed by atoms with van der Waals surface area (Å²) in [4.78, 5) is 15.6. The standard InChI is InChI=1S/C15H21F3N4O/c1-19-14(23)20-10-11-9-12(15(16,17)18)3-4-13(11)22-7-5-21(2)6-8-22/h3-4,9H,5-8,10H2,1-2H3,(H2,19,20,23). The molecule has 0 unspecified atom stereocenters. The van der Waals surface area contributed by atoms with Crippen LogP contribution in [-0.2, 0) is 12.7 Å². The van der Waals surface area contributed by atoms with Gasteiger partial charge in [-0.15, -0.1) is 0 Å². The number of hydrogen-bond donors (Lipinski definition) is 2. The molecule has 8 heteroatoms. The van der Waals surface area contributed by atoms with Crippen LogP contribution in [0.5, 0.6) is 0 Å². The maximum absolute atomic E-state index is 12.9. The predicted molar refractivity (Wildman–Crippen MR) is 82.4 cm³/mol. The second-order valence-electron chi connectivity index (χ2n) is 5.56. The van der Waals surface area contributed by atoms with Crippen molar-refractivity contribution in [2.24, 2.45) is 0 Å². The summed E-state index contributed by atoms with van der Waals surface area (Å²) in [7, 11) is 3.47. The van der Waals surface area contributed by atoms with Crippen LogP contribution in [0.2, 0.25) is 0 Å². The lowest BCUT2D eigenvalue weighted by Crippen LogP contribution is -2.45. The number of benzene rings is 1. The fourth-order valence-electron chi connectivity index (χ4n) is 2.52. The molecule has 1 heterocycles. The van der Waals surface area contributed by atoms with Crippen molar-refractivity contribution in [3.05, 3.63) is 29.3 Å². The molecule has 0 atom stereocenters. The number of piperazine rings is 1. The Morgan fingerprint density at radius 3 is 2.43 bits per heavy atom. The number of alkyl halides is 3. The maximum atomic E-state index is 12.9. The second-order valence-corrected chi connectivity index (χ2v) is 5.56. The highest BCUT2D eigenvalue weighted by atomic mass is 19.4. The molecule has 1 fully saturated rings. The van der Waals surface area contributed by atoms with Crippen LogP contribution in [0.4, 0.5) is 23.7 Å². The van der Waals surface area contributed by atoms with Crippen LogP contribution in [0, 0.1) is 0 Å². The normalized spacial score (nSPS) is 16.3. The number of nitrogens with one attached hydrogen (secondary N) is 2. The zero-order valence-corrected chi connectivity index (χ0v) is 13.2. The molecule has 1 aliphatic heterocycles. The molecule has 1 aromatic carbocycles. The summed E-state index contributed by atoms with van der Waals surface area (Å²) in [5, 5.41) is 4.95. The van der Waals surface area contributed by atoms with Crippen molar-refractivity contribution in [1.82, 2.24) is 15.5 Å². The topological polar surface area (TPSA) is 47.6 Å². The first kappa shape index (κ1) is 17.4. The third-order valence-corrected chi connectivity index (χ3v) is 3.92. The lowest BCUT2D eigenvalue weighted by molar-refractivity contribution is -0.137. The Morgan fingerprint density at radius 2 is 1.87 bits per heavy atom. The molecule has 1 saturated heterocycles. The van der Waals surface area contributed by atoms with Crippen molar-refractivity contribution >= 4 is 11.7 Å². The third-order valence-electron chi connectivity index (χ3n) is 3.92. The molecule has 1 aliphatic rings. The van der Waals surface area contributed by atoms with Gasteiger partial charge in [-0.3, -0.25) is 0 Å². The van der Waals surface area contributed by atoms with Gasteiger partial charge >= 0.3 is 12.2 Å². The Morgan fingerprint density at radius 1 is 1.22 bits per heavy atom. The molecule has 5 nitrogen and oxygen atoms in total. The number of carbonyl (C=O) groups is 1. The summed E-state index contributed by atoms with van der Waals surface area (Å²) in [6, 6.07) is 3.28. The average molecular weight is 330 g/mol. The molecular weight excluding hydrogens is 309 g/mol. The molecule has 2 rings (SSSR count). The van der Waals surface area contributed by atoms with Gasteiger partial charge in [-0.25, -0.2) is 4.79 Å². The van der Waals surface area contributed by atoms with Gasteiger partial charge in [0, 0.05) is 45.5 Å². The van der Waals surface area contributed by atoms with Gasteiger partial charge in [0.05, 0.1) is 5.56 Å². The molecule has 23 heavy (non-hydrogen) atoms. The fraction of sp³-hybridized carbons (Fsp3) is 0.533. The smallest absolute Gasteiger partial charge is 0.369 e. The first-order valence-electron chi connectivity index (χ1n) is 7.40. The molecule has 0 aromatic heterocycles. The van der Waals surface area contributed by atoms with E-state index in [0.29, 0.717) is 5.56 Å². The summed E-state index contributed by atoms with van der Waals surface area (Å²) in [5.74, 6) is 0. The van der Waals surface area contributed by atoms with E-state index in [9.17, 15) is 18.0 Å². The quantitative estimate of drug-likeness (QED) is 0.890. The number of likely N-dealkylation sites (N-methyl/N-ethyl adjacent to an activating group) is 1. The molecule has 2 N–H and O–H groups in total. The number of rotatable bonds is 3. The van der Waals surface area contributed by atoms with Crippen LogP contribution in [-0.4, -0.2) is 51.2 Å². The Bertz CT molecular complexity index is 554. The summed E-state index contributed by atoms with van der Waals surface area (Å²) < 4.78 is 38.8. The van der Waals surface area contributed by atoms with Gasteiger partial charge in [-0.2, -0.15) is 13.2 Å². The van der Waals surface area contributed by atoms with E-state index < -0.39 is 17.8 Å². The van der Waals surface area contributed by atoms with E-state index in [1.54, 1.807) is 0 Å². The van der Waals surface area contributed by atoms with E-state index in [-0.39, 0.29) is 6.54 Å². The predicted octanol–water partition coefficient (Wildman–Crippen LogP) is 1.89. The van der Waals surface area contributed by atoms with Crippen LogP contribution < -0.4 is 15.5 Å². The maximum Gasteiger partial charge on any atom is 0.416 e. The number of carbonyl (C=O) groups excluding carboxylic acids is 1. The van der Waals surface area contributed by atoms with E-state index in [1.165, 1.54) is 13.1 Å². The van der Waals surface area contributed by atoms with Crippen LogP contribution in [0.3, 0.4) is 0 Å². The summed E-state index contributed by atoms with van der Waals surface area (Å²) in [6.07, 6.45) is -4.40. The van der Waals surface area contributed by atoms with E-state index >= 15 is 0 Å². The Balaban J connectivity index is 2.26. The van der Waals surface area contributed by atoms with Crippen molar-refractivity contribution in [3.63, 3.8) is 0 Å². The third kappa shape index (κ3) is 4.51. The summed E-state index contributed by atoms with van der Waals surface area (Å²) in [5.41, 5.74) is 0.500. The van der Waals surface area contributed by atoms with Crippen LogP contribution >= 0.6 is 0 Å². The minimum atomic E-state index is -4.40. The lowest BCUT2D eigenvalue weighted by Gasteiger charge is -2.35. The van der Waals surface area contributed by atoms with Crippen molar-refractivity contribution in [2.75, 3.05) is 45.2 Å². The van der Waals surface area contributed by atoms with Gasteiger partial charge in [0.1, 0.15) is 0 Å².